The van der Waals surface area contributed by atoms with E-state index in [1.54, 1.807) is 24.5 Å². The van der Waals surface area contributed by atoms with Gasteiger partial charge in [-0.25, -0.2) is 9.79 Å². The maximum Gasteiger partial charge on any atom is 0.338 e. The van der Waals surface area contributed by atoms with E-state index < -0.39 is 12.0 Å². The minimum absolute atomic E-state index is 0.194. The van der Waals surface area contributed by atoms with E-state index in [4.69, 9.17) is 9.47 Å². The van der Waals surface area contributed by atoms with Crippen molar-refractivity contribution in [1.29, 1.82) is 0 Å². The van der Waals surface area contributed by atoms with Gasteiger partial charge >= 0.3 is 5.97 Å². The number of aromatic nitrogens is 2. The molecule has 0 radical (unpaired) electrons. The lowest BCUT2D eigenvalue weighted by atomic mass is 9.96. The van der Waals surface area contributed by atoms with Crippen LogP contribution in [-0.2, 0) is 16.6 Å². The van der Waals surface area contributed by atoms with Crippen molar-refractivity contribution >= 4 is 23.4 Å². The summed E-state index contributed by atoms with van der Waals surface area (Å²) < 4.78 is 15.2. The van der Waals surface area contributed by atoms with Crippen LogP contribution in [0.1, 0.15) is 42.4 Å². The number of hydrogen-bond donors (Lipinski definition) is 0. The third-order valence-electron chi connectivity index (χ3n) is 6.18. The second-order valence-corrected chi connectivity index (χ2v) is 9.37. The van der Waals surface area contributed by atoms with Crippen molar-refractivity contribution in [3.63, 3.8) is 0 Å². The molecule has 4 rings (SSSR count). The average Bonchev–Trinajstić information content (AvgIpc) is 3.27. The van der Waals surface area contributed by atoms with Crippen molar-refractivity contribution in [2.24, 2.45) is 12.0 Å². The van der Waals surface area contributed by atoms with Gasteiger partial charge in [-0.3, -0.25) is 9.36 Å². The van der Waals surface area contributed by atoms with E-state index in [9.17, 15) is 9.59 Å². The third-order valence-corrected chi connectivity index (χ3v) is 7.16. The summed E-state index contributed by atoms with van der Waals surface area (Å²) in [7, 11) is 2.00. The summed E-state index contributed by atoms with van der Waals surface area (Å²) >= 11 is 1.32. The predicted octanol–water partition coefficient (Wildman–Crippen LogP) is 3.32. The van der Waals surface area contributed by atoms with Gasteiger partial charge in [-0.1, -0.05) is 36.1 Å². The number of carbonyl (C=O) groups is 1. The summed E-state index contributed by atoms with van der Waals surface area (Å²) in [6.07, 6.45) is 3.57. The highest BCUT2D eigenvalue weighted by atomic mass is 32.1. The van der Waals surface area contributed by atoms with Gasteiger partial charge in [-0.15, -0.1) is 0 Å². The van der Waals surface area contributed by atoms with Crippen LogP contribution in [-0.4, -0.2) is 28.3 Å². The van der Waals surface area contributed by atoms with Crippen molar-refractivity contribution in [1.82, 2.24) is 9.13 Å². The van der Waals surface area contributed by atoms with Crippen molar-refractivity contribution in [2.45, 2.75) is 33.7 Å². The maximum absolute atomic E-state index is 13.7. The lowest BCUT2D eigenvalue weighted by Gasteiger charge is -2.24. The molecule has 0 aliphatic carbocycles. The molecule has 1 aliphatic heterocycles. The van der Waals surface area contributed by atoms with Crippen LogP contribution in [0.2, 0.25) is 0 Å². The first-order valence-electron chi connectivity index (χ1n) is 11.4. The van der Waals surface area contributed by atoms with Gasteiger partial charge in [0.05, 0.1) is 28.5 Å². The molecule has 2 aromatic heterocycles. The molecule has 1 aliphatic rings. The number of nitrogens with zero attached hydrogens (tertiary/aromatic N) is 3. The number of fused-ring (bicyclic) bond motifs is 1. The van der Waals surface area contributed by atoms with E-state index in [2.05, 4.69) is 22.2 Å². The highest BCUT2D eigenvalue weighted by Crippen LogP contribution is 2.31. The standard InChI is InChI=1S/C27H29N3O4S/c1-7-13-34-21-11-9-19(10-12-21)24-23(26(32)33-8-2)17(4)28-27-30(24)25(31)22(35-27)15-20-14-16(3)29(6)18(20)5/h7,9-12,14-15,24H,1,8,13H2,2-6H3/b22-15-/t24-/m1/s1. The predicted molar refractivity (Wildman–Crippen MR) is 137 cm³/mol. The minimum atomic E-state index is -0.653. The second-order valence-electron chi connectivity index (χ2n) is 8.36. The van der Waals surface area contributed by atoms with Crippen molar-refractivity contribution in [3.8, 4) is 5.75 Å². The second kappa shape index (κ2) is 9.92. The van der Waals surface area contributed by atoms with E-state index in [1.165, 1.54) is 11.3 Å². The van der Waals surface area contributed by atoms with Crippen LogP contribution in [0.5, 0.6) is 5.75 Å². The van der Waals surface area contributed by atoms with E-state index in [0.717, 1.165) is 22.5 Å². The zero-order valence-corrected chi connectivity index (χ0v) is 21.4. The largest absolute Gasteiger partial charge is 0.490 e. The van der Waals surface area contributed by atoms with Gasteiger partial charge in [0.25, 0.3) is 5.56 Å². The Hall–Kier alpha value is -3.65. The number of rotatable bonds is 7. The van der Waals surface area contributed by atoms with Crippen molar-refractivity contribution < 1.29 is 14.3 Å². The number of ether oxygens (including phenoxy) is 2. The average molecular weight is 492 g/mol. The monoisotopic (exact) mass is 491 g/mol. The molecule has 3 aromatic rings. The smallest absolute Gasteiger partial charge is 0.338 e. The van der Waals surface area contributed by atoms with Gasteiger partial charge in [0.15, 0.2) is 4.80 Å². The number of esters is 1. The van der Waals surface area contributed by atoms with Crippen LogP contribution < -0.4 is 19.6 Å². The van der Waals surface area contributed by atoms with Crippen molar-refractivity contribution in [2.75, 3.05) is 13.2 Å². The fourth-order valence-corrected chi connectivity index (χ4v) is 5.22. The molecular weight excluding hydrogens is 462 g/mol. The molecule has 3 heterocycles. The fourth-order valence-electron chi connectivity index (χ4n) is 4.18. The summed E-state index contributed by atoms with van der Waals surface area (Å²) in [5.74, 6) is 0.198. The minimum Gasteiger partial charge on any atom is -0.490 e. The molecule has 0 unspecified atom stereocenters. The number of carbonyl (C=O) groups excluding carboxylic acids is 1. The zero-order valence-electron chi connectivity index (χ0n) is 20.6. The molecule has 1 aromatic carbocycles. The Balaban J connectivity index is 1.90. The van der Waals surface area contributed by atoms with Crippen LogP contribution in [0.15, 0.2) is 64.0 Å². The SMILES string of the molecule is C=CCOc1ccc([C@@H]2C(C(=O)OCC)=C(C)N=c3s/c(=C\c4cc(C)n(C)c4C)c(=O)n32)cc1. The highest BCUT2D eigenvalue weighted by Gasteiger charge is 2.33. The van der Waals surface area contributed by atoms with Crippen LogP contribution in [0.4, 0.5) is 0 Å². The molecule has 0 spiro atoms. The summed E-state index contributed by atoms with van der Waals surface area (Å²) in [6.45, 7) is 11.9. The fraction of sp³-hybridized carbons (Fsp3) is 0.296. The summed E-state index contributed by atoms with van der Waals surface area (Å²) in [5, 5.41) is 0. The van der Waals surface area contributed by atoms with E-state index in [0.29, 0.717) is 33.0 Å². The third kappa shape index (κ3) is 4.53. The number of allylic oxidation sites excluding steroid dienone is 1. The van der Waals surface area contributed by atoms with Crippen molar-refractivity contribution in [3.05, 3.63) is 96.5 Å². The molecule has 0 bridgehead atoms. The van der Waals surface area contributed by atoms with Gasteiger partial charge in [0.2, 0.25) is 0 Å². The zero-order chi connectivity index (χ0) is 25.3. The van der Waals surface area contributed by atoms with Crippen LogP contribution in [0.25, 0.3) is 6.08 Å². The molecule has 0 fully saturated rings. The molecule has 7 nitrogen and oxygen atoms in total. The first kappa shape index (κ1) is 24.5. The molecule has 8 heteroatoms. The molecule has 0 saturated carbocycles. The molecule has 0 saturated heterocycles. The Kier molecular flexibility index (Phi) is 6.93. The number of benzene rings is 1. The van der Waals surface area contributed by atoms with Gasteiger partial charge in [-0.05, 0) is 63.1 Å². The first-order chi connectivity index (χ1) is 16.8. The van der Waals surface area contributed by atoms with E-state index in [1.807, 2.05) is 51.2 Å². The first-order valence-corrected chi connectivity index (χ1v) is 12.2. The Morgan fingerprint density at radius 3 is 2.54 bits per heavy atom. The Morgan fingerprint density at radius 1 is 1.23 bits per heavy atom. The summed E-state index contributed by atoms with van der Waals surface area (Å²) in [6, 6.07) is 8.78. The Labute approximate surface area is 208 Å². The van der Waals surface area contributed by atoms with Gasteiger partial charge in [0.1, 0.15) is 12.4 Å². The quantitative estimate of drug-likeness (QED) is 0.375. The molecular formula is C27H29N3O4S. The number of thiazole rings is 1. The maximum atomic E-state index is 13.7. The number of aryl methyl sites for hydroxylation is 1. The molecule has 1 atom stereocenters. The summed E-state index contributed by atoms with van der Waals surface area (Å²) in [5.41, 5.74) is 4.64. The molecule has 35 heavy (non-hydrogen) atoms. The summed E-state index contributed by atoms with van der Waals surface area (Å²) in [4.78, 5) is 31.9. The highest BCUT2D eigenvalue weighted by molar-refractivity contribution is 7.07. The topological polar surface area (TPSA) is 74.8 Å². The molecule has 0 N–H and O–H groups in total. The number of hydrogen-bond acceptors (Lipinski definition) is 6. The molecule has 182 valence electrons. The van der Waals surface area contributed by atoms with Crippen LogP contribution in [0, 0.1) is 13.8 Å². The van der Waals surface area contributed by atoms with Crippen LogP contribution in [0.3, 0.4) is 0 Å². The lowest BCUT2D eigenvalue weighted by Crippen LogP contribution is -2.39. The van der Waals surface area contributed by atoms with E-state index in [-0.39, 0.29) is 12.2 Å². The lowest BCUT2D eigenvalue weighted by molar-refractivity contribution is -0.139. The normalized spacial score (nSPS) is 15.6. The van der Waals surface area contributed by atoms with Crippen LogP contribution >= 0.6 is 11.3 Å². The van der Waals surface area contributed by atoms with Gasteiger partial charge < -0.3 is 14.0 Å². The molecule has 0 amide bonds. The van der Waals surface area contributed by atoms with E-state index >= 15 is 0 Å². The Bertz CT molecular complexity index is 1500. The van der Waals surface area contributed by atoms with Gasteiger partial charge in [0, 0.05) is 18.4 Å². The van der Waals surface area contributed by atoms with Gasteiger partial charge in [-0.2, -0.15) is 0 Å². The Morgan fingerprint density at radius 2 is 1.94 bits per heavy atom.